The second-order valence-corrected chi connectivity index (χ2v) is 5.68. The zero-order valence-corrected chi connectivity index (χ0v) is 11.5. The van der Waals surface area contributed by atoms with Gasteiger partial charge in [0.2, 0.25) is 0 Å². The van der Waals surface area contributed by atoms with Crippen LogP contribution in [0.4, 0.5) is 5.69 Å². The number of aliphatic carboxylic acids is 1. The van der Waals surface area contributed by atoms with Crippen LogP contribution in [0.2, 0.25) is 0 Å². The Bertz CT molecular complexity index is 507. The maximum atomic E-state index is 12.2. The van der Waals surface area contributed by atoms with Crippen LogP contribution in [-0.2, 0) is 9.59 Å². The SMILES string of the molecule is O=C(O)CC1CSC(=S)N(Nc2ccccc2)C1=O. The van der Waals surface area contributed by atoms with Crippen LogP contribution in [0.1, 0.15) is 6.42 Å². The number of carbonyl (C=O) groups is 2. The second-order valence-electron chi connectivity index (χ2n) is 4.02. The van der Waals surface area contributed by atoms with Gasteiger partial charge in [-0.05, 0) is 12.1 Å². The van der Waals surface area contributed by atoms with Crippen molar-refractivity contribution in [3.63, 3.8) is 0 Å². The molecule has 5 nitrogen and oxygen atoms in total. The summed E-state index contributed by atoms with van der Waals surface area (Å²) in [5.74, 6) is -1.41. The number of carboxylic acid groups (broad SMARTS) is 1. The summed E-state index contributed by atoms with van der Waals surface area (Å²) < 4.78 is 0.412. The highest BCUT2D eigenvalue weighted by atomic mass is 32.2. The molecule has 0 radical (unpaired) electrons. The third-order valence-corrected chi connectivity index (χ3v) is 4.13. The van der Waals surface area contributed by atoms with E-state index >= 15 is 0 Å². The molecule has 1 aliphatic heterocycles. The van der Waals surface area contributed by atoms with Crippen LogP contribution in [0.5, 0.6) is 0 Å². The van der Waals surface area contributed by atoms with Crippen molar-refractivity contribution in [2.24, 2.45) is 5.92 Å². The number of nitrogens with zero attached hydrogens (tertiary/aromatic N) is 1. The summed E-state index contributed by atoms with van der Waals surface area (Å²) in [6.07, 6.45) is -0.179. The molecule has 1 heterocycles. The van der Waals surface area contributed by atoms with Crippen LogP contribution < -0.4 is 5.43 Å². The quantitative estimate of drug-likeness (QED) is 0.828. The van der Waals surface area contributed by atoms with E-state index in [2.05, 4.69) is 5.43 Å². The van der Waals surface area contributed by atoms with Crippen LogP contribution in [0, 0.1) is 5.92 Å². The normalized spacial score (nSPS) is 19.4. The number of hydrogen-bond donors (Lipinski definition) is 2. The predicted molar refractivity (Wildman–Crippen MR) is 77.7 cm³/mol. The smallest absolute Gasteiger partial charge is 0.304 e. The van der Waals surface area contributed by atoms with Gasteiger partial charge < -0.3 is 5.11 Å². The van der Waals surface area contributed by atoms with E-state index in [4.69, 9.17) is 17.3 Å². The molecule has 1 aromatic rings. The third kappa shape index (κ3) is 3.45. The summed E-state index contributed by atoms with van der Waals surface area (Å²) in [5.41, 5.74) is 3.64. The van der Waals surface area contributed by atoms with Gasteiger partial charge in [-0.2, -0.15) is 0 Å². The molecule has 100 valence electrons. The topological polar surface area (TPSA) is 69.6 Å². The lowest BCUT2D eigenvalue weighted by Gasteiger charge is -2.32. The summed E-state index contributed by atoms with van der Waals surface area (Å²) in [6.45, 7) is 0. The van der Waals surface area contributed by atoms with Crippen molar-refractivity contribution in [2.75, 3.05) is 11.2 Å². The highest BCUT2D eigenvalue weighted by Crippen LogP contribution is 2.26. The Labute approximate surface area is 119 Å². The van der Waals surface area contributed by atoms with Crippen molar-refractivity contribution < 1.29 is 14.7 Å². The molecule has 1 saturated heterocycles. The van der Waals surface area contributed by atoms with E-state index in [9.17, 15) is 9.59 Å². The largest absolute Gasteiger partial charge is 0.481 e. The van der Waals surface area contributed by atoms with Gasteiger partial charge in [0.15, 0.2) is 4.32 Å². The number of anilines is 1. The van der Waals surface area contributed by atoms with E-state index in [0.29, 0.717) is 10.1 Å². The van der Waals surface area contributed by atoms with Crippen LogP contribution in [0.15, 0.2) is 30.3 Å². The number of para-hydroxylation sites is 1. The Morgan fingerprint density at radius 3 is 2.79 bits per heavy atom. The molecule has 1 unspecified atom stereocenters. The zero-order chi connectivity index (χ0) is 13.8. The number of carboxylic acids is 1. The molecule has 0 aliphatic carbocycles. The first-order valence-corrected chi connectivity index (χ1v) is 7.01. The Balaban J connectivity index is 2.11. The van der Waals surface area contributed by atoms with Gasteiger partial charge >= 0.3 is 5.97 Å². The van der Waals surface area contributed by atoms with Crippen LogP contribution in [0.25, 0.3) is 0 Å². The van der Waals surface area contributed by atoms with Gasteiger partial charge in [-0.3, -0.25) is 15.0 Å². The summed E-state index contributed by atoms with van der Waals surface area (Å²) in [7, 11) is 0. The van der Waals surface area contributed by atoms with Gasteiger partial charge in [-0.1, -0.05) is 42.2 Å². The van der Waals surface area contributed by atoms with Crippen molar-refractivity contribution in [1.82, 2.24) is 5.01 Å². The van der Waals surface area contributed by atoms with Crippen LogP contribution in [-0.4, -0.2) is 32.1 Å². The fourth-order valence-electron chi connectivity index (χ4n) is 1.68. The molecule has 0 bridgehead atoms. The van der Waals surface area contributed by atoms with Crippen molar-refractivity contribution in [1.29, 1.82) is 0 Å². The molecule has 2 N–H and O–H groups in total. The number of nitrogens with one attached hydrogen (secondary N) is 1. The van der Waals surface area contributed by atoms with Gasteiger partial charge in [0.25, 0.3) is 5.91 Å². The number of hydrazine groups is 1. The van der Waals surface area contributed by atoms with E-state index in [0.717, 1.165) is 5.69 Å². The molecule has 1 atom stereocenters. The monoisotopic (exact) mass is 296 g/mol. The highest BCUT2D eigenvalue weighted by molar-refractivity contribution is 8.23. The summed E-state index contributed by atoms with van der Waals surface area (Å²) >= 11 is 6.44. The van der Waals surface area contributed by atoms with Crippen molar-refractivity contribution >= 4 is 45.9 Å². The summed E-state index contributed by atoms with van der Waals surface area (Å²) in [6, 6.07) is 9.15. The summed E-state index contributed by atoms with van der Waals surface area (Å²) in [5, 5.41) is 10.0. The van der Waals surface area contributed by atoms with Gasteiger partial charge in [0.1, 0.15) is 0 Å². The first-order valence-electron chi connectivity index (χ1n) is 5.62. The first-order chi connectivity index (χ1) is 9.08. The van der Waals surface area contributed by atoms with Crippen molar-refractivity contribution in [3.8, 4) is 0 Å². The second kappa shape index (κ2) is 6.03. The number of hydrogen-bond acceptors (Lipinski definition) is 5. The van der Waals surface area contributed by atoms with Crippen LogP contribution >= 0.6 is 24.0 Å². The van der Waals surface area contributed by atoms with Gasteiger partial charge in [0.05, 0.1) is 18.0 Å². The molecule has 1 aromatic carbocycles. The maximum Gasteiger partial charge on any atom is 0.304 e. The third-order valence-electron chi connectivity index (χ3n) is 2.60. The standard InChI is InChI=1S/C12H12N2O3S2/c15-10(16)6-8-7-19-12(18)14(11(8)17)13-9-4-2-1-3-5-9/h1-5,8,13H,6-7H2,(H,15,16). The maximum absolute atomic E-state index is 12.2. The van der Waals surface area contributed by atoms with Crippen molar-refractivity contribution in [3.05, 3.63) is 30.3 Å². The number of benzene rings is 1. The number of carbonyl (C=O) groups excluding carboxylic acids is 1. The zero-order valence-electron chi connectivity index (χ0n) is 9.91. The molecular formula is C12H12N2O3S2. The molecule has 0 aromatic heterocycles. The molecule has 1 amide bonds. The minimum Gasteiger partial charge on any atom is -0.481 e. The lowest BCUT2D eigenvalue weighted by Crippen LogP contribution is -2.47. The van der Waals surface area contributed by atoms with E-state index in [1.165, 1.54) is 16.8 Å². The Kier molecular flexibility index (Phi) is 4.39. The minimum absolute atomic E-state index is 0.179. The fraction of sp³-hybridized carbons (Fsp3) is 0.250. The summed E-state index contributed by atoms with van der Waals surface area (Å²) in [4.78, 5) is 22.9. The molecule has 7 heteroatoms. The Hall–Kier alpha value is -1.60. The molecule has 1 fully saturated rings. The van der Waals surface area contributed by atoms with E-state index in [-0.39, 0.29) is 12.3 Å². The van der Waals surface area contributed by atoms with Crippen molar-refractivity contribution in [2.45, 2.75) is 6.42 Å². The van der Waals surface area contributed by atoms with E-state index < -0.39 is 11.9 Å². The minimum atomic E-state index is -0.980. The Morgan fingerprint density at radius 2 is 2.16 bits per heavy atom. The Morgan fingerprint density at radius 1 is 1.47 bits per heavy atom. The van der Waals surface area contributed by atoms with Gasteiger partial charge in [-0.25, -0.2) is 5.01 Å². The molecule has 19 heavy (non-hydrogen) atoms. The fourth-order valence-corrected chi connectivity index (χ4v) is 2.89. The molecule has 0 saturated carbocycles. The number of thiocarbonyl (C=S) groups is 1. The lowest BCUT2D eigenvalue weighted by atomic mass is 10.1. The predicted octanol–water partition coefficient (Wildman–Crippen LogP) is 1.96. The molecular weight excluding hydrogens is 284 g/mol. The molecule has 2 rings (SSSR count). The molecule has 1 aliphatic rings. The lowest BCUT2D eigenvalue weighted by molar-refractivity contribution is -0.142. The van der Waals surface area contributed by atoms with Gasteiger partial charge in [-0.15, -0.1) is 0 Å². The number of amides is 1. The molecule has 0 spiro atoms. The average Bonchev–Trinajstić information content (AvgIpc) is 2.39. The highest BCUT2D eigenvalue weighted by Gasteiger charge is 2.34. The first kappa shape index (κ1) is 13.8. The van der Waals surface area contributed by atoms with E-state index in [1.54, 1.807) is 12.1 Å². The van der Waals surface area contributed by atoms with Gasteiger partial charge in [0, 0.05) is 5.75 Å². The number of rotatable bonds is 4. The van der Waals surface area contributed by atoms with Crippen LogP contribution in [0.3, 0.4) is 0 Å². The number of thioether (sulfide) groups is 1. The average molecular weight is 296 g/mol. The van der Waals surface area contributed by atoms with E-state index in [1.807, 2.05) is 18.2 Å².